The molecule has 0 radical (unpaired) electrons. The highest BCUT2D eigenvalue weighted by Gasteiger charge is 2.04. The summed E-state index contributed by atoms with van der Waals surface area (Å²) in [6.45, 7) is -2.82. The Morgan fingerprint density at radius 1 is 1.17 bits per heavy atom. The first kappa shape index (κ1) is 12.1. The first-order valence-electron chi connectivity index (χ1n) is 5.17. The van der Waals surface area contributed by atoms with Gasteiger partial charge in [0.25, 0.3) is 0 Å². The summed E-state index contributed by atoms with van der Waals surface area (Å²) in [5.41, 5.74) is 6.90. The molecule has 1 aromatic heterocycles. The second-order valence-electron chi connectivity index (χ2n) is 3.47. The molecule has 1 aromatic carbocycles. The Morgan fingerprint density at radius 3 is 2.50 bits per heavy atom. The van der Waals surface area contributed by atoms with Crippen molar-refractivity contribution in [3.63, 3.8) is 0 Å². The van der Waals surface area contributed by atoms with Gasteiger partial charge >= 0.3 is 6.61 Å². The van der Waals surface area contributed by atoms with E-state index in [0.717, 1.165) is 0 Å². The molecule has 2 aromatic rings. The van der Waals surface area contributed by atoms with Crippen LogP contribution in [-0.2, 0) is 0 Å². The fourth-order valence-corrected chi connectivity index (χ4v) is 1.38. The third kappa shape index (κ3) is 3.07. The van der Waals surface area contributed by atoms with Crippen LogP contribution in [0.15, 0.2) is 42.6 Å². The molecule has 0 amide bonds. The van der Waals surface area contributed by atoms with E-state index in [9.17, 15) is 8.78 Å². The van der Waals surface area contributed by atoms with Crippen LogP contribution >= 0.6 is 0 Å². The van der Waals surface area contributed by atoms with Crippen molar-refractivity contribution in [2.24, 2.45) is 0 Å². The number of hydrogen-bond donors (Lipinski definition) is 2. The molecule has 0 unspecified atom stereocenters. The molecule has 3 N–H and O–H groups in total. The number of rotatable bonds is 4. The highest BCUT2D eigenvalue weighted by molar-refractivity contribution is 5.68. The lowest BCUT2D eigenvalue weighted by atomic mass is 10.3. The molecular formula is C12H11F2N3O. The summed E-state index contributed by atoms with van der Waals surface area (Å²) in [6, 6.07) is 9.52. The molecule has 0 atom stereocenters. The van der Waals surface area contributed by atoms with Crippen LogP contribution in [0.25, 0.3) is 0 Å². The number of anilines is 3. The second-order valence-corrected chi connectivity index (χ2v) is 3.47. The van der Waals surface area contributed by atoms with Crippen LogP contribution in [0.1, 0.15) is 0 Å². The van der Waals surface area contributed by atoms with Gasteiger partial charge in [0.1, 0.15) is 5.75 Å². The Bertz CT molecular complexity index is 517. The van der Waals surface area contributed by atoms with Crippen LogP contribution in [0.3, 0.4) is 0 Å². The van der Waals surface area contributed by atoms with Crippen molar-refractivity contribution >= 4 is 17.2 Å². The maximum Gasteiger partial charge on any atom is 0.387 e. The fraction of sp³-hybridized carbons (Fsp3) is 0.0833. The van der Waals surface area contributed by atoms with Gasteiger partial charge in [-0.25, -0.2) is 4.98 Å². The molecule has 0 spiro atoms. The fourth-order valence-electron chi connectivity index (χ4n) is 1.38. The summed E-state index contributed by atoms with van der Waals surface area (Å²) in [6.07, 6.45) is 1.60. The summed E-state index contributed by atoms with van der Waals surface area (Å²) >= 11 is 0. The van der Waals surface area contributed by atoms with Gasteiger partial charge < -0.3 is 15.8 Å². The summed E-state index contributed by atoms with van der Waals surface area (Å²) < 4.78 is 28.2. The molecule has 2 rings (SSSR count). The highest BCUT2D eigenvalue weighted by Crippen LogP contribution is 2.22. The number of nitrogens with two attached hydrogens (primary N) is 1. The number of nitrogen functional groups attached to an aromatic ring is 1. The van der Waals surface area contributed by atoms with Crippen molar-refractivity contribution in [2.45, 2.75) is 6.61 Å². The molecule has 0 aliphatic rings. The largest absolute Gasteiger partial charge is 0.435 e. The van der Waals surface area contributed by atoms with E-state index >= 15 is 0 Å². The maximum atomic E-state index is 12.0. The maximum absolute atomic E-state index is 12.0. The molecule has 0 aliphatic carbocycles. The summed E-state index contributed by atoms with van der Waals surface area (Å²) in [4.78, 5) is 4.06. The lowest BCUT2D eigenvalue weighted by Gasteiger charge is -2.09. The first-order chi connectivity index (χ1) is 8.65. The van der Waals surface area contributed by atoms with Crippen molar-refractivity contribution in [3.05, 3.63) is 42.6 Å². The van der Waals surface area contributed by atoms with Crippen molar-refractivity contribution in [3.8, 4) is 5.75 Å². The zero-order valence-corrected chi connectivity index (χ0v) is 9.31. The highest BCUT2D eigenvalue weighted by atomic mass is 19.3. The normalized spacial score (nSPS) is 10.4. The molecular weight excluding hydrogens is 240 g/mol. The average molecular weight is 251 g/mol. The van der Waals surface area contributed by atoms with Crippen LogP contribution in [0.4, 0.5) is 26.0 Å². The lowest BCUT2D eigenvalue weighted by Crippen LogP contribution is -2.02. The Balaban J connectivity index is 2.09. The van der Waals surface area contributed by atoms with Gasteiger partial charge in [-0.3, -0.25) is 0 Å². The Labute approximate surface area is 102 Å². The van der Waals surface area contributed by atoms with Gasteiger partial charge in [-0.05, 0) is 36.4 Å². The van der Waals surface area contributed by atoms with Crippen LogP contribution in [0, 0.1) is 0 Å². The topological polar surface area (TPSA) is 60.2 Å². The first-order valence-corrected chi connectivity index (χ1v) is 5.17. The molecule has 0 saturated heterocycles. The van der Waals surface area contributed by atoms with Gasteiger partial charge in [0, 0.05) is 11.9 Å². The molecule has 94 valence electrons. The molecule has 4 nitrogen and oxygen atoms in total. The van der Waals surface area contributed by atoms with E-state index in [-0.39, 0.29) is 5.75 Å². The molecule has 6 heteroatoms. The van der Waals surface area contributed by atoms with E-state index in [0.29, 0.717) is 17.2 Å². The van der Waals surface area contributed by atoms with Crippen molar-refractivity contribution in [1.29, 1.82) is 0 Å². The zero-order valence-electron chi connectivity index (χ0n) is 9.31. The van der Waals surface area contributed by atoms with Crippen LogP contribution in [0.2, 0.25) is 0 Å². The third-order valence-electron chi connectivity index (χ3n) is 2.18. The molecule has 1 heterocycles. The number of nitrogens with one attached hydrogen (secondary N) is 1. The zero-order chi connectivity index (χ0) is 13.0. The van der Waals surface area contributed by atoms with Crippen molar-refractivity contribution in [1.82, 2.24) is 4.98 Å². The minimum atomic E-state index is -2.82. The number of aromatic nitrogens is 1. The second kappa shape index (κ2) is 5.31. The summed E-state index contributed by atoms with van der Waals surface area (Å²) in [5, 5.41) is 2.97. The van der Waals surface area contributed by atoms with E-state index < -0.39 is 6.61 Å². The smallest absolute Gasteiger partial charge is 0.387 e. The molecule has 0 fully saturated rings. The van der Waals surface area contributed by atoms with Crippen LogP contribution in [0.5, 0.6) is 5.75 Å². The number of pyridine rings is 1. The molecule has 0 aliphatic heterocycles. The van der Waals surface area contributed by atoms with Crippen molar-refractivity contribution < 1.29 is 13.5 Å². The minimum Gasteiger partial charge on any atom is -0.435 e. The monoisotopic (exact) mass is 251 g/mol. The van der Waals surface area contributed by atoms with Gasteiger partial charge in [-0.2, -0.15) is 8.78 Å². The summed E-state index contributed by atoms with van der Waals surface area (Å²) in [7, 11) is 0. The number of alkyl halides is 2. The number of ether oxygens (including phenoxy) is 1. The van der Waals surface area contributed by atoms with E-state index in [1.54, 1.807) is 30.5 Å². The van der Waals surface area contributed by atoms with Gasteiger partial charge in [0.05, 0.1) is 5.69 Å². The predicted octanol–water partition coefficient (Wildman–Crippen LogP) is 3.01. The van der Waals surface area contributed by atoms with Gasteiger partial charge in [0.2, 0.25) is 0 Å². The van der Waals surface area contributed by atoms with E-state index in [4.69, 9.17) is 5.73 Å². The van der Waals surface area contributed by atoms with Gasteiger partial charge in [-0.1, -0.05) is 0 Å². The van der Waals surface area contributed by atoms with Crippen LogP contribution in [-0.4, -0.2) is 11.6 Å². The van der Waals surface area contributed by atoms with E-state index in [1.165, 1.54) is 12.1 Å². The molecule has 0 saturated carbocycles. The molecule has 0 bridgehead atoms. The number of halogens is 2. The minimum absolute atomic E-state index is 0.101. The number of benzene rings is 1. The van der Waals surface area contributed by atoms with Gasteiger partial charge in [0.15, 0.2) is 5.82 Å². The van der Waals surface area contributed by atoms with Crippen molar-refractivity contribution in [2.75, 3.05) is 11.1 Å². The quantitative estimate of drug-likeness (QED) is 0.876. The summed E-state index contributed by atoms with van der Waals surface area (Å²) in [5.74, 6) is 0.615. The van der Waals surface area contributed by atoms with E-state index in [2.05, 4.69) is 15.0 Å². The Kier molecular flexibility index (Phi) is 3.57. The van der Waals surface area contributed by atoms with Crippen LogP contribution < -0.4 is 15.8 Å². The standard InChI is InChI=1S/C12H11F2N3O/c13-12(14)18-9-5-3-8(4-6-9)17-11-10(15)2-1-7-16-11/h1-7,12H,15H2,(H,16,17). The number of nitrogens with zero attached hydrogens (tertiary/aromatic N) is 1. The lowest BCUT2D eigenvalue weighted by molar-refractivity contribution is -0.0498. The average Bonchev–Trinajstić information content (AvgIpc) is 2.34. The SMILES string of the molecule is Nc1cccnc1Nc1ccc(OC(F)F)cc1. The van der Waals surface area contributed by atoms with Gasteiger partial charge in [-0.15, -0.1) is 0 Å². The van der Waals surface area contributed by atoms with E-state index in [1.807, 2.05) is 0 Å². The number of hydrogen-bond acceptors (Lipinski definition) is 4. The Morgan fingerprint density at radius 2 is 1.89 bits per heavy atom. The molecule has 18 heavy (non-hydrogen) atoms. The Hall–Kier alpha value is -2.37. The third-order valence-corrected chi connectivity index (χ3v) is 2.18. The predicted molar refractivity (Wildman–Crippen MR) is 65.0 cm³/mol.